The van der Waals surface area contributed by atoms with E-state index in [2.05, 4.69) is 36.7 Å². The number of carbonyl (C=O) groups excluding carboxylic acids is 1. The maximum atomic E-state index is 12.1. The molecule has 1 aromatic heterocycles. The third kappa shape index (κ3) is 3.72. The summed E-state index contributed by atoms with van der Waals surface area (Å²) in [7, 11) is 0. The highest BCUT2D eigenvalue weighted by molar-refractivity contribution is 7.10. The molecule has 23 heavy (non-hydrogen) atoms. The van der Waals surface area contributed by atoms with Gasteiger partial charge in [0.1, 0.15) is 5.60 Å². The van der Waals surface area contributed by atoms with Gasteiger partial charge < -0.3 is 15.0 Å². The molecule has 1 saturated carbocycles. The van der Waals surface area contributed by atoms with Crippen molar-refractivity contribution in [1.29, 1.82) is 0 Å². The Kier molecular flexibility index (Phi) is 4.45. The first kappa shape index (κ1) is 16.8. The van der Waals surface area contributed by atoms with Crippen LogP contribution in [0.5, 0.6) is 0 Å². The van der Waals surface area contributed by atoms with E-state index in [0.717, 1.165) is 13.1 Å². The third-order valence-electron chi connectivity index (χ3n) is 4.73. The summed E-state index contributed by atoms with van der Waals surface area (Å²) in [5.74, 6) is 1.74. The van der Waals surface area contributed by atoms with Crippen LogP contribution in [0.4, 0.5) is 4.79 Å². The molecule has 0 bridgehead atoms. The van der Waals surface area contributed by atoms with Crippen molar-refractivity contribution in [2.75, 3.05) is 13.1 Å². The fraction of sp³-hybridized carbons (Fsp3) is 0.722. The molecule has 3 unspecified atom stereocenters. The average Bonchev–Trinajstić information content (AvgIpc) is 2.90. The molecule has 128 valence electrons. The van der Waals surface area contributed by atoms with E-state index < -0.39 is 5.60 Å². The zero-order valence-electron chi connectivity index (χ0n) is 14.7. The molecule has 3 atom stereocenters. The number of ether oxygens (including phenoxy) is 1. The van der Waals surface area contributed by atoms with E-state index >= 15 is 0 Å². The average molecular weight is 337 g/mol. The molecule has 0 radical (unpaired) electrons. The molecule has 1 aliphatic carbocycles. The van der Waals surface area contributed by atoms with Gasteiger partial charge in [-0.1, -0.05) is 19.9 Å². The van der Waals surface area contributed by atoms with E-state index in [-0.39, 0.29) is 6.09 Å². The van der Waals surface area contributed by atoms with Gasteiger partial charge in [-0.05, 0) is 50.0 Å². The zero-order chi connectivity index (χ0) is 16.8. The van der Waals surface area contributed by atoms with Crippen molar-refractivity contribution >= 4 is 17.4 Å². The Morgan fingerprint density at radius 2 is 2.00 bits per heavy atom. The minimum atomic E-state index is -0.413. The first-order valence-corrected chi connectivity index (χ1v) is 9.41. The van der Waals surface area contributed by atoms with Gasteiger partial charge in [0, 0.05) is 30.1 Å². The van der Waals surface area contributed by atoms with Crippen molar-refractivity contribution in [1.82, 2.24) is 10.2 Å². The summed E-state index contributed by atoms with van der Waals surface area (Å²) in [5.41, 5.74) is -0.413. The Hall–Kier alpha value is -1.07. The second-order valence-electron chi connectivity index (χ2n) is 8.14. The number of hydrogen-bond donors (Lipinski definition) is 1. The molecule has 1 aromatic rings. The predicted molar refractivity (Wildman–Crippen MR) is 93.6 cm³/mol. The highest BCUT2D eigenvalue weighted by Gasteiger charge is 2.57. The van der Waals surface area contributed by atoms with Crippen molar-refractivity contribution < 1.29 is 9.53 Å². The summed E-state index contributed by atoms with van der Waals surface area (Å²) < 4.78 is 5.47. The van der Waals surface area contributed by atoms with Gasteiger partial charge in [-0.15, -0.1) is 11.3 Å². The van der Waals surface area contributed by atoms with Gasteiger partial charge in [0.05, 0.1) is 0 Å². The molecule has 1 N–H and O–H groups in total. The second-order valence-corrected chi connectivity index (χ2v) is 9.12. The Balaban J connectivity index is 1.53. The van der Waals surface area contributed by atoms with Crippen LogP contribution < -0.4 is 5.32 Å². The topological polar surface area (TPSA) is 41.6 Å². The summed E-state index contributed by atoms with van der Waals surface area (Å²) in [6.45, 7) is 11.9. The second kappa shape index (κ2) is 6.10. The van der Waals surface area contributed by atoms with Crippen molar-refractivity contribution in [3.63, 3.8) is 0 Å². The van der Waals surface area contributed by atoms with Crippen LogP contribution in [0.3, 0.4) is 0 Å². The lowest BCUT2D eigenvalue weighted by atomic mass is 10.0. The number of likely N-dealkylation sites (tertiary alicyclic amines) is 1. The third-order valence-corrected chi connectivity index (χ3v) is 5.69. The fourth-order valence-corrected chi connectivity index (χ4v) is 4.49. The maximum absolute atomic E-state index is 12.1. The molecule has 1 amide bonds. The number of amides is 1. The van der Waals surface area contributed by atoms with E-state index in [1.807, 2.05) is 37.0 Å². The van der Waals surface area contributed by atoms with E-state index in [0.29, 0.717) is 29.8 Å². The quantitative estimate of drug-likeness (QED) is 0.906. The molecule has 2 fully saturated rings. The minimum Gasteiger partial charge on any atom is -0.444 e. The molecule has 0 aromatic carbocycles. The Morgan fingerprint density at radius 1 is 1.35 bits per heavy atom. The van der Waals surface area contributed by atoms with Crippen LogP contribution in [0.2, 0.25) is 0 Å². The smallest absolute Gasteiger partial charge is 0.410 e. The van der Waals surface area contributed by atoms with Crippen molar-refractivity contribution in [3.05, 3.63) is 22.4 Å². The number of thiophene rings is 1. The van der Waals surface area contributed by atoms with Crippen LogP contribution in [-0.4, -0.2) is 35.7 Å². The molecular weight excluding hydrogens is 308 g/mol. The normalized spacial score (nSPS) is 27.9. The highest BCUT2D eigenvalue weighted by Crippen LogP contribution is 2.47. The molecule has 2 heterocycles. The van der Waals surface area contributed by atoms with Gasteiger partial charge in [-0.25, -0.2) is 4.79 Å². The number of carbonyl (C=O) groups is 1. The van der Waals surface area contributed by atoms with Crippen molar-refractivity contribution in [2.45, 2.75) is 52.3 Å². The minimum absolute atomic E-state index is 0.165. The molecule has 0 spiro atoms. The van der Waals surface area contributed by atoms with Crippen LogP contribution in [0, 0.1) is 17.8 Å². The number of piperidine rings is 1. The van der Waals surface area contributed by atoms with E-state index in [1.54, 1.807) is 0 Å². The lowest BCUT2D eigenvalue weighted by Gasteiger charge is -2.27. The van der Waals surface area contributed by atoms with E-state index in [1.165, 1.54) is 4.88 Å². The van der Waals surface area contributed by atoms with Crippen LogP contribution in [0.15, 0.2) is 17.5 Å². The first-order valence-electron chi connectivity index (χ1n) is 8.53. The SMILES string of the molecule is CC(C)C(NC1C2CN(C(=O)OC(C)(C)C)CC21)c1cccs1. The fourth-order valence-electron chi connectivity index (χ4n) is 3.53. The lowest BCUT2D eigenvalue weighted by molar-refractivity contribution is 0.0268. The molecule has 5 heteroatoms. The number of fused-ring (bicyclic) bond motifs is 1. The monoisotopic (exact) mass is 336 g/mol. The maximum Gasteiger partial charge on any atom is 0.410 e. The van der Waals surface area contributed by atoms with Gasteiger partial charge in [0.15, 0.2) is 0 Å². The van der Waals surface area contributed by atoms with Gasteiger partial charge >= 0.3 is 6.09 Å². The van der Waals surface area contributed by atoms with Crippen LogP contribution in [0.25, 0.3) is 0 Å². The Labute approximate surface area is 143 Å². The zero-order valence-corrected chi connectivity index (χ0v) is 15.5. The molecule has 1 saturated heterocycles. The van der Waals surface area contributed by atoms with E-state index in [4.69, 9.17) is 4.74 Å². The number of nitrogens with one attached hydrogen (secondary N) is 1. The standard InChI is InChI=1S/C18H28N2O2S/c1-11(2)15(14-7-6-8-23-14)19-16-12-9-20(10-13(12)16)17(21)22-18(3,4)5/h6-8,11-13,15-16,19H,9-10H2,1-5H3. The van der Waals surface area contributed by atoms with Crippen LogP contribution >= 0.6 is 11.3 Å². The van der Waals surface area contributed by atoms with Crippen LogP contribution in [-0.2, 0) is 4.74 Å². The molecule has 4 nitrogen and oxygen atoms in total. The van der Waals surface area contributed by atoms with Gasteiger partial charge in [0.2, 0.25) is 0 Å². The highest BCUT2D eigenvalue weighted by atomic mass is 32.1. The molecule has 2 aliphatic rings. The number of rotatable bonds is 4. The predicted octanol–water partition coefficient (Wildman–Crippen LogP) is 3.90. The Bertz CT molecular complexity index is 538. The lowest BCUT2D eigenvalue weighted by Crippen LogP contribution is -2.40. The van der Waals surface area contributed by atoms with Gasteiger partial charge in [-0.2, -0.15) is 0 Å². The van der Waals surface area contributed by atoms with Crippen molar-refractivity contribution in [3.8, 4) is 0 Å². The van der Waals surface area contributed by atoms with Crippen molar-refractivity contribution in [2.24, 2.45) is 17.8 Å². The summed E-state index contributed by atoms with van der Waals surface area (Å²) in [6.07, 6.45) is -0.165. The largest absolute Gasteiger partial charge is 0.444 e. The van der Waals surface area contributed by atoms with Gasteiger partial charge in [0.25, 0.3) is 0 Å². The summed E-state index contributed by atoms with van der Waals surface area (Å²) in [4.78, 5) is 15.4. The number of nitrogens with zero attached hydrogens (tertiary/aromatic N) is 1. The molecule has 1 aliphatic heterocycles. The summed E-state index contributed by atoms with van der Waals surface area (Å²) in [6, 6.07) is 5.30. The summed E-state index contributed by atoms with van der Waals surface area (Å²) in [5, 5.41) is 5.98. The van der Waals surface area contributed by atoms with Gasteiger partial charge in [-0.3, -0.25) is 0 Å². The Morgan fingerprint density at radius 3 is 2.48 bits per heavy atom. The number of hydrogen-bond acceptors (Lipinski definition) is 4. The summed E-state index contributed by atoms with van der Waals surface area (Å²) >= 11 is 1.82. The molecular formula is C18H28N2O2S. The molecule has 3 rings (SSSR count). The van der Waals surface area contributed by atoms with Crippen LogP contribution in [0.1, 0.15) is 45.5 Å². The first-order chi connectivity index (χ1) is 10.8. The van der Waals surface area contributed by atoms with E-state index in [9.17, 15) is 4.79 Å².